The fourth-order valence-electron chi connectivity index (χ4n) is 2.38. The van der Waals surface area contributed by atoms with E-state index in [-0.39, 0.29) is 11.6 Å². The van der Waals surface area contributed by atoms with Crippen molar-refractivity contribution in [3.05, 3.63) is 65.5 Å². The first-order chi connectivity index (χ1) is 11.0. The molecule has 23 heavy (non-hydrogen) atoms. The smallest absolute Gasteiger partial charge is 0.254 e. The molecule has 0 saturated carbocycles. The molecule has 0 aliphatic heterocycles. The molecule has 2 aromatic rings. The van der Waals surface area contributed by atoms with Crippen molar-refractivity contribution in [1.82, 2.24) is 10.2 Å². The van der Waals surface area contributed by atoms with E-state index >= 15 is 0 Å². The normalized spacial score (nSPS) is 12.0. The number of nitrogens with zero attached hydrogens (tertiary/aromatic N) is 1. The summed E-state index contributed by atoms with van der Waals surface area (Å²) in [5.41, 5.74) is 1.07. The van der Waals surface area contributed by atoms with Gasteiger partial charge >= 0.3 is 0 Å². The number of hydrogen-bond donors (Lipinski definition) is 1. The number of carbonyl (C=O) groups excluding carboxylic acids is 1. The molecule has 1 unspecified atom stereocenters. The van der Waals surface area contributed by atoms with Crippen molar-refractivity contribution in [2.24, 2.45) is 0 Å². The highest BCUT2D eigenvalue weighted by molar-refractivity contribution is 5.94. The molecule has 0 aliphatic rings. The van der Waals surface area contributed by atoms with Crippen molar-refractivity contribution in [2.75, 3.05) is 27.7 Å². The van der Waals surface area contributed by atoms with E-state index in [2.05, 4.69) is 5.32 Å². The summed E-state index contributed by atoms with van der Waals surface area (Å²) in [5, 5.41) is 2.80. The predicted octanol–water partition coefficient (Wildman–Crippen LogP) is 2.87. The van der Waals surface area contributed by atoms with Gasteiger partial charge in [-0.15, -0.1) is 0 Å². The van der Waals surface area contributed by atoms with Crippen LogP contribution in [0.2, 0.25) is 0 Å². The Labute approximate surface area is 135 Å². The van der Waals surface area contributed by atoms with Gasteiger partial charge in [-0.1, -0.05) is 24.3 Å². The molecular formula is C18H21FN2O2. The Bertz CT molecular complexity index is 674. The van der Waals surface area contributed by atoms with Gasteiger partial charge in [0.25, 0.3) is 5.91 Å². The lowest BCUT2D eigenvalue weighted by Gasteiger charge is -2.25. The minimum atomic E-state index is -0.521. The first kappa shape index (κ1) is 17.0. The Morgan fingerprint density at radius 2 is 1.96 bits per heavy atom. The largest absolute Gasteiger partial charge is 0.497 e. The standard InChI is InChI=1S/C18H21FN2O2/c1-21(2)17(13-7-6-8-14(11-13)23-3)12-20-18(22)15-9-4-5-10-16(15)19/h4-11,17H,12H2,1-3H3,(H,20,22). The highest BCUT2D eigenvalue weighted by Crippen LogP contribution is 2.22. The maximum atomic E-state index is 13.7. The number of methoxy groups -OCH3 is 1. The van der Waals surface area contributed by atoms with Crippen molar-refractivity contribution in [2.45, 2.75) is 6.04 Å². The number of carbonyl (C=O) groups is 1. The third-order valence-corrected chi connectivity index (χ3v) is 3.68. The zero-order valence-electron chi connectivity index (χ0n) is 13.5. The molecule has 0 heterocycles. The van der Waals surface area contributed by atoms with Crippen LogP contribution in [0.25, 0.3) is 0 Å². The summed E-state index contributed by atoms with van der Waals surface area (Å²) in [6.07, 6.45) is 0. The number of rotatable bonds is 6. The molecule has 2 aromatic carbocycles. The molecular weight excluding hydrogens is 295 g/mol. The summed E-state index contributed by atoms with van der Waals surface area (Å²) in [6.45, 7) is 0.368. The molecule has 4 nitrogen and oxygen atoms in total. The van der Waals surface area contributed by atoms with Crippen molar-refractivity contribution in [3.63, 3.8) is 0 Å². The Morgan fingerprint density at radius 3 is 2.61 bits per heavy atom. The Hall–Kier alpha value is -2.40. The lowest BCUT2D eigenvalue weighted by Crippen LogP contribution is -2.34. The molecule has 2 rings (SSSR count). The van der Waals surface area contributed by atoms with Gasteiger partial charge in [0.2, 0.25) is 0 Å². The third-order valence-electron chi connectivity index (χ3n) is 3.68. The minimum Gasteiger partial charge on any atom is -0.497 e. The van der Waals surface area contributed by atoms with E-state index in [0.29, 0.717) is 6.54 Å². The molecule has 0 radical (unpaired) electrons. The van der Waals surface area contributed by atoms with Crippen molar-refractivity contribution >= 4 is 5.91 Å². The van der Waals surface area contributed by atoms with E-state index in [1.165, 1.54) is 12.1 Å². The summed E-state index contributed by atoms with van der Waals surface area (Å²) in [4.78, 5) is 14.1. The summed E-state index contributed by atoms with van der Waals surface area (Å²) >= 11 is 0. The molecule has 1 N–H and O–H groups in total. The van der Waals surface area contributed by atoms with Crippen LogP contribution in [-0.2, 0) is 0 Å². The number of benzene rings is 2. The topological polar surface area (TPSA) is 41.6 Å². The van der Waals surface area contributed by atoms with Crippen LogP contribution >= 0.6 is 0 Å². The Balaban J connectivity index is 2.11. The van der Waals surface area contributed by atoms with Gasteiger partial charge in [0, 0.05) is 6.54 Å². The van der Waals surface area contributed by atoms with Gasteiger partial charge in [-0.05, 0) is 43.9 Å². The van der Waals surface area contributed by atoms with Crippen LogP contribution in [0.3, 0.4) is 0 Å². The average Bonchev–Trinajstić information content (AvgIpc) is 2.55. The van der Waals surface area contributed by atoms with Gasteiger partial charge in [0.1, 0.15) is 11.6 Å². The van der Waals surface area contributed by atoms with E-state index in [1.54, 1.807) is 19.2 Å². The summed E-state index contributed by atoms with van der Waals surface area (Å²) in [7, 11) is 5.47. The molecule has 0 saturated heterocycles. The highest BCUT2D eigenvalue weighted by Gasteiger charge is 2.17. The van der Waals surface area contributed by atoms with E-state index in [9.17, 15) is 9.18 Å². The third kappa shape index (κ3) is 4.29. The maximum absolute atomic E-state index is 13.7. The molecule has 0 spiro atoms. The second-order valence-electron chi connectivity index (χ2n) is 5.45. The Kier molecular flexibility index (Phi) is 5.71. The number of likely N-dealkylation sites (N-methyl/N-ethyl adjacent to an activating group) is 1. The number of ether oxygens (including phenoxy) is 1. The van der Waals surface area contributed by atoms with Crippen molar-refractivity contribution in [3.8, 4) is 5.75 Å². The lowest BCUT2D eigenvalue weighted by atomic mass is 10.1. The number of hydrogen-bond acceptors (Lipinski definition) is 3. The second-order valence-corrected chi connectivity index (χ2v) is 5.45. The first-order valence-corrected chi connectivity index (χ1v) is 7.36. The van der Waals surface area contributed by atoms with Crippen LogP contribution in [0.4, 0.5) is 4.39 Å². The monoisotopic (exact) mass is 316 g/mol. The SMILES string of the molecule is COc1cccc(C(CNC(=O)c2ccccc2F)N(C)C)c1. The fourth-order valence-corrected chi connectivity index (χ4v) is 2.38. The molecule has 0 fully saturated rings. The molecule has 0 bridgehead atoms. The first-order valence-electron chi connectivity index (χ1n) is 7.36. The van der Waals surface area contributed by atoms with Crippen LogP contribution in [0.15, 0.2) is 48.5 Å². The summed E-state index contributed by atoms with van der Waals surface area (Å²) < 4.78 is 18.9. The summed E-state index contributed by atoms with van der Waals surface area (Å²) in [5.74, 6) is -0.180. The number of amides is 1. The molecule has 0 aromatic heterocycles. The van der Waals surface area contributed by atoms with Crippen LogP contribution in [0, 0.1) is 5.82 Å². The molecule has 0 aliphatic carbocycles. The molecule has 1 atom stereocenters. The van der Waals surface area contributed by atoms with Gasteiger partial charge in [-0.25, -0.2) is 4.39 Å². The van der Waals surface area contributed by atoms with E-state index in [1.807, 2.05) is 43.3 Å². The highest BCUT2D eigenvalue weighted by atomic mass is 19.1. The number of halogens is 1. The molecule has 1 amide bonds. The average molecular weight is 316 g/mol. The van der Waals surface area contributed by atoms with Gasteiger partial charge < -0.3 is 15.0 Å². The van der Waals surface area contributed by atoms with Crippen LogP contribution < -0.4 is 10.1 Å². The van der Waals surface area contributed by atoms with Gasteiger partial charge in [0.05, 0.1) is 18.7 Å². The quantitative estimate of drug-likeness (QED) is 0.891. The van der Waals surface area contributed by atoms with E-state index in [4.69, 9.17) is 4.74 Å². The van der Waals surface area contributed by atoms with Crippen molar-refractivity contribution < 1.29 is 13.9 Å². The van der Waals surface area contributed by atoms with Gasteiger partial charge in [0.15, 0.2) is 0 Å². The lowest BCUT2D eigenvalue weighted by molar-refractivity contribution is 0.0938. The van der Waals surface area contributed by atoms with E-state index in [0.717, 1.165) is 11.3 Å². The van der Waals surface area contributed by atoms with Gasteiger partial charge in [-0.2, -0.15) is 0 Å². The number of nitrogens with one attached hydrogen (secondary N) is 1. The van der Waals surface area contributed by atoms with Crippen molar-refractivity contribution in [1.29, 1.82) is 0 Å². The summed E-state index contributed by atoms with van der Waals surface area (Å²) in [6, 6.07) is 13.6. The van der Waals surface area contributed by atoms with E-state index < -0.39 is 11.7 Å². The zero-order valence-corrected chi connectivity index (χ0v) is 13.5. The second kappa shape index (κ2) is 7.74. The fraction of sp³-hybridized carbons (Fsp3) is 0.278. The van der Waals surface area contributed by atoms with Crippen LogP contribution in [0.5, 0.6) is 5.75 Å². The minimum absolute atomic E-state index is 0.0409. The Morgan fingerprint density at radius 1 is 1.22 bits per heavy atom. The predicted molar refractivity (Wildman–Crippen MR) is 88.2 cm³/mol. The molecule has 122 valence electrons. The van der Waals surface area contributed by atoms with Gasteiger partial charge in [-0.3, -0.25) is 4.79 Å². The maximum Gasteiger partial charge on any atom is 0.254 e. The van der Waals surface area contributed by atoms with Crippen LogP contribution in [0.1, 0.15) is 22.0 Å². The molecule has 5 heteroatoms. The zero-order chi connectivity index (χ0) is 16.8. The van der Waals surface area contributed by atoms with Crippen LogP contribution in [-0.4, -0.2) is 38.6 Å².